The van der Waals surface area contributed by atoms with Crippen molar-refractivity contribution in [1.82, 2.24) is 4.90 Å². The minimum Gasteiger partial charge on any atom is -0.364 e. The average Bonchev–Trinajstić information content (AvgIpc) is 2.81. The van der Waals surface area contributed by atoms with Crippen LogP contribution in [0.4, 0.5) is 0 Å². The number of nitriles is 1. The lowest BCUT2D eigenvalue weighted by Gasteiger charge is -2.34. The number of nitrogens with zero attached hydrogens (tertiary/aromatic N) is 2. The second kappa shape index (κ2) is 6.74. The van der Waals surface area contributed by atoms with E-state index in [0.29, 0.717) is 13.2 Å². The maximum absolute atomic E-state index is 8.94. The summed E-state index contributed by atoms with van der Waals surface area (Å²) in [6, 6.07) is 23.1. The van der Waals surface area contributed by atoms with Gasteiger partial charge in [0.05, 0.1) is 19.2 Å². The predicted octanol–water partition coefficient (Wildman–Crippen LogP) is 3.18. The van der Waals surface area contributed by atoms with Crippen molar-refractivity contribution in [2.24, 2.45) is 0 Å². The summed E-state index contributed by atoms with van der Waals surface area (Å²) in [7, 11) is 0. The highest BCUT2D eigenvalue weighted by Crippen LogP contribution is 2.38. The molecule has 0 N–H and O–H groups in total. The molecule has 2 aromatic rings. The summed E-state index contributed by atoms with van der Waals surface area (Å²) in [4.78, 5) is 2.16. The average molecular weight is 292 g/mol. The van der Waals surface area contributed by atoms with E-state index < -0.39 is 5.60 Å². The molecular formula is C19H20N2O. The fraction of sp³-hybridized carbons (Fsp3) is 0.316. The van der Waals surface area contributed by atoms with Gasteiger partial charge in [0.25, 0.3) is 0 Å². The molecule has 3 nitrogen and oxygen atoms in total. The molecule has 1 aliphatic rings. The lowest BCUT2D eigenvalue weighted by molar-refractivity contribution is -0.0100. The topological polar surface area (TPSA) is 36.3 Å². The van der Waals surface area contributed by atoms with Gasteiger partial charge >= 0.3 is 0 Å². The molecule has 0 radical (unpaired) electrons. The maximum Gasteiger partial charge on any atom is 0.119 e. The summed E-state index contributed by atoms with van der Waals surface area (Å²) in [5.41, 5.74) is 1.94. The van der Waals surface area contributed by atoms with Crippen LogP contribution in [0, 0.1) is 11.3 Å². The Kier molecular flexibility index (Phi) is 4.53. The highest BCUT2D eigenvalue weighted by Gasteiger charge is 2.37. The van der Waals surface area contributed by atoms with Crippen molar-refractivity contribution in [2.45, 2.75) is 12.0 Å². The molecule has 0 amide bonds. The molecule has 0 unspecified atom stereocenters. The highest BCUT2D eigenvalue weighted by atomic mass is 16.5. The largest absolute Gasteiger partial charge is 0.364 e. The zero-order valence-corrected chi connectivity index (χ0v) is 12.6. The van der Waals surface area contributed by atoms with Gasteiger partial charge in [-0.05, 0) is 17.5 Å². The molecule has 0 aromatic heterocycles. The first-order valence-electron chi connectivity index (χ1n) is 7.69. The van der Waals surface area contributed by atoms with E-state index in [9.17, 15) is 0 Å². The molecule has 0 saturated carbocycles. The van der Waals surface area contributed by atoms with Crippen molar-refractivity contribution < 1.29 is 4.74 Å². The third-order valence-corrected chi connectivity index (χ3v) is 4.31. The first-order valence-corrected chi connectivity index (χ1v) is 7.69. The fourth-order valence-electron chi connectivity index (χ4n) is 3.14. The smallest absolute Gasteiger partial charge is 0.119 e. The molecule has 1 saturated heterocycles. The molecule has 3 heteroatoms. The van der Waals surface area contributed by atoms with Crippen LogP contribution in [0.15, 0.2) is 60.7 Å². The van der Waals surface area contributed by atoms with Gasteiger partial charge in [0.15, 0.2) is 0 Å². The van der Waals surface area contributed by atoms with E-state index in [1.54, 1.807) is 0 Å². The van der Waals surface area contributed by atoms with Gasteiger partial charge in [-0.2, -0.15) is 5.26 Å². The van der Waals surface area contributed by atoms with E-state index in [1.165, 1.54) is 11.1 Å². The number of hydrogen-bond donors (Lipinski definition) is 0. The second-order valence-electron chi connectivity index (χ2n) is 5.59. The van der Waals surface area contributed by atoms with Crippen molar-refractivity contribution >= 4 is 0 Å². The van der Waals surface area contributed by atoms with Crippen molar-refractivity contribution in [3.63, 3.8) is 0 Å². The predicted molar refractivity (Wildman–Crippen MR) is 86.3 cm³/mol. The quantitative estimate of drug-likeness (QED) is 0.815. The number of hydrogen-bond acceptors (Lipinski definition) is 3. The number of benzene rings is 2. The van der Waals surface area contributed by atoms with Gasteiger partial charge in [0.2, 0.25) is 0 Å². The monoisotopic (exact) mass is 292 g/mol. The maximum atomic E-state index is 8.94. The summed E-state index contributed by atoms with van der Waals surface area (Å²) in [5, 5.41) is 8.94. The normalized spacial score (nSPS) is 18.3. The summed E-state index contributed by atoms with van der Waals surface area (Å²) >= 11 is 0. The van der Waals surface area contributed by atoms with Crippen molar-refractivity contribution in [3.8, 4) is 6.07 Å². The molecule has 2 aromatic carbocycles. The first kappa shape index (κ1) is 14.8. The third kappa shape index (κ3) is 2.89. The van der Waals surface area contributed by atoms with E-state index in [-0.39, 0.29) is 0 Å². The minimum atomic E-state index is -0.424. The van der Waals surface area contributed by atoms with Crippen LogP contribution in [-0.2, 0) is 10.3 Å². The van der Waals surface area contributed by atoms with Crippen molar-refractivity contribution in [2.75, 3.05) is 26.2 Å². The van der Waals surface area contributed by atoms with Crippen LogP contribution in [0.3, 0.4) is 0 Å². The third-order valence-electron chi connectivity index (χ3n) is 4.31. The molecule has 0 atom stereocenters. The molecule has 22 heavy (non-hydrogen) atoms. The molecule has 1 fully saturated rings. The van der Waals surface area contributed by atoms with Crippen LogP contribution < -0.4 is 0 Å². The van der Waals surface area contributed by atoms with Crippen LogP contribution in [0.25, 0.3) is 0 Å². The molecular weight excluding hydrogens is 272 g/mol. The van der Waals surface area contributed by atoms with Gasteiger partial charge in [-0.1, -0.05) is 60.7 Å². The molecule has 3 rings (SSSR count). The Hall–Kier alpha value is -2.15. The Morgan fingerprint density at radius 2 is 1.55 bits per heavy atom. The van der Waals surface area contributed by atoms with E-state index in [1.807, 2.05) is 12.1 Å². The first-order chi connectivity index (χ1) is 10.8. The van der Waals surface area contributed by atoms with Gasteiger partial charge in [-0.25, -0.2) is 0 Å². The van der Waals surface area contributed by atoms with E-state index in [0.717, 1.165) is 19.5 Å². The molecule has 0 spiro atoms. The van der Waals surface area contributed by atoms with Crippen LogP contribution in [0.1, 0.15) is 17.5 Å². The number of rotatable bonds is 3. The van der Waals surface area contributed by atoms with Crippen LogP contribution >= 0.6 is 0 Å². The molecule has 1 aliphatic heterocycles. The second-order valence-corrected chi connectivity index (χ2v) is 5.59. The van der Waals surface area contributed by atoms with Crippen LogP contribution in [0.5, 0.6) is 0 Å². The molecule has 1 heterocycles. The van der Waals surface area contributed by atoms with Gasteiger partial charge in [0.1, 0.15) is 5.60 Å². The van der Waals surface area contributed by atoms with Crippen LogP contribution in [0.2, 0.25) is 0 Å². The van der Waals surface area contributed by atoms with Gasteiger partial charge in [-0.3, -0.25) is 4.90 Å². The van der Waals surface area contributed by atoms with Crippen LogP contribution in [-0.4, -0.2) is 31.1 Å². The highest BCUT2D eigenvalue weighted by molar-refractivity contribution is 5.36. The Morgan fingerprint density at radius 3 is 2.09 bits per heavy atom. The summed E-state index contributed by atoms with van der Waals surface area (Å²) in [5.74, 6) is 0. The molecule has 0 aliphatic carbocycles. The standard InChI is InChI=1S/C19H20N2O/c20-12-14-21-13-11-19(22-16-15-21,17-7-3-1-4-8-17)18-9-5-2-6-10-18/h1-10H,11,13-16H2. The summed E-state index contributed by atoms with van der Waals surface area (Å²) < 4.78 is 6.39. The number of ether oxygens (including phenoxy) is 1. The summed E-state index contributed by atoms with van der Waals surface area (Å²) in [6.07, 6.45) is 0.850. The zero-order chi connectivity index (χ0) is 15.3. The zero-order valence-electron chi connectivity index (χ0n) is 12.6. The van der Waals surface area contributed by atoms with Gasteiger partial charge in [0, 0.05) is 13.1 Å². The minimum absolute atomic E-state index is 0.424. The lowest BCUT2D eigenvalue weighted by atomic mass is 9.83. The SMILES string of the molecule is N#CCN1CCOC(c2ccccc2)(c2ccccc2)CC1. The van der Waals surface area contributed by atoms with E-state index >= 15 is 0 Å². The Labute approximate surface area is 131 Å². The lowest BCUT2D eigenvalue weighted by Crippen LogP contribution is -2.32. The summed E-state index contributed by atoms with van der Waals surface area (Å²) in [6.45, 7) is 2.75. The Bertz CT molecular complexity index is 594. The fourth-order valence-corrected chi connectivity index (χ4v) is 3.14. The molecule has 112 valence electrons. The van der Waals surface area contributed by atoms with E-state index in [2.05, 4.69) is 59.5 Å². The van der Waals surface area contributed by atoms with E-state index in [4.69, 9.17) is 10.00 Å². The molecule has 0 bridgehead atoms. The van der Waals surface area contributed by atoms with Crippen molar-refractivity contribution in [1.29, 1.82) is 5.26 Å². The van der Waals surface area contributed by atoms with Gasteiger partial charge in [-0.15, -0.1) is 0 Å². The van der Waals surface area contributed by atoms with Gasteiger partial charge < -0.3 is 4.74 Å². The Balaban J connectivity index is 2.00. The Morgan fingerprint density at radius 1 is 0.955 bits per heavy atom. The van der Waals surface area contributed by atoms with Crippen molar-refractivity contribution in [3.05, 3.63) is 71.8 Å².